The Hall–Kier alpha value is -2.28. The van der Waals surface area contributed by atoms with Gasteiger partial charge in [0.1, 0.15) is 5.56 Å². The van der Waals surface area contributed by atoms with Crippen molar-refractivity contribution in [2.45, 2.75) is 13.3 Å². The van der Waals surface area contributed by atoms with Crippen LogP contribution in [0.15, 0.2) is 36.5 Å². The maximum absolute atomic E-state index is 12.0. The molecule has 1 heterocycles. The Labute approximate surface area is 122 Å². The van der Waals surface area contributed by atoms with E-state index in [2.05, 4.69) is 9.71 Å². The van der Waals surface area contributed by atoms with Crippen molar-refractivity contribution < 1.29 is 18.3 Å². The Kier molecular flexibility index (Phi) is 4.32. The fourth-order valence-corrected chi connectivity index (χ4v) is 3.10. The predicted octanol–water partition coefficient (Wildman–Crippen LogP) is 2.01. The van der Waals surface area contributed by atoms with E-state index in [-0.39, 0.29) is 17.0 Å². The molecular formula is C14H16N2O4S. The van der Waals surface area contributed by atoms with Crippen molar-refractivity contribution in [3.05, 3.63) is 53.3 Å². The van der Waals surface area contributed by atoms with Crippen LogP contribution in [0.4, 0.5) is 5.69 Å². The van der Waals surface area contributed by atoms with E-state index in [1.165, 1.54) is 6.20 Å². The SMILES string of the molecule is Cc1[nH]cc(NS(=O)(=O)CCc2ccccc2)c1C(=O)O. The van der Waals surface area contributed by atoms with Crippen molar-refractivity contribution in [1.29, 1.82) is 0 Å². The van der Waals surface area contributed by atoms with E-state index in [0.29, 0.717) is 12.1 Å². The molecule has 21 heavy (non-hydrogen) atoms. The first-order valence-electron chi connectivity index (χ1n) is 6.35. The topological polar surface area (TPSA) is 99.3 Å². The summed E-state index contributed by atoms with van der Waals surface area (Å²) in [5, 5.41) is 9.09. The molecule has 1 aromatic carbocycles. The van der Waals surface area contributed by atoms with E-state index in [1.807, 2.05) is 30.3 Å². The van der Waals surface area contributed by atoms with Crippen molar-refractivity contribution >= 4 is 21.7 Å². The average Bonchev–Trinajstić information content (AvgIpc) is 2.78. The molecule has 0 fully saturated rings. The molecule has 0 aliphatic carbocycles. The van der Waals surface area contributed by atoms with Crippen LogP contribution in [0.5, 0.6) is 0 Å². The number of carbonyl (C=O) groups is 1. The summed E-state index contributed by atoms with van der Waals surface area (Å²) < 4.78 is 26.4. The number of H-pyrrole nitrogens is 1. The molecule has 0 amide bonds. The van der Waals surface area contributed by atoms with Gasteiger partial charge in [-0.2, -0.15) is 0 Å². The summed E-state index contributed by atoms with van der Waals surface area (Å²) >= 11 is 0. The number of sulfonamides is 1. The lowest BCUT2D eigenvalue weighted by Crippen LogP contribution is -2.19. The molecule has 112 valence electrons. The summed E-state index contributed by atoms with van der Waals surface area (Å²) in [6.45, 7) is 1.57. The van der Waals surface area contributed by atoms with Crippen LogP contribution in [0.2, 0.25) is 0 Å². The quantitative estimate of drug-likeness (QED) is 0.760. The minimum absolute atomic E-state index is 0.0571. The van der Waals surface area contributed by atoms with Crippen molar-refractivity contribution in [3.63, 3.8) is 0 Å². The van der Waals surface area contributed by atoms with Crippen LogP contribution < -0.4 is 4.72 Å². The number of aromatic nitrogens is 1. The molecule has 0 atom stereocenters. The molecule has 0 unspecified atom stereocenters. The van der Waals surface area contributed by atoms with E-state index in [4.69, 9.17) is 5.11 Å². The van der Waals surface area contributed by atoms with Gasteiger partial charge in [-0.1, -0.05) is 30.3 Å². The molecule has 0 saturated heterocycles. The molecular weight excluding hydrogens is 292 g/mol. The minimum atomic E-state index is -3.61. The lowest BCUT2D eigenvalue weighted by atomic mass is 10.2. The number of carboxylic acids is 1. The third-order valence-corrected chi connectivity index (χ3v) is 4.33. The summed E-state index contributed by atoms with van der Waals surface area (Å²) in [6.07, 6.45) is 1.71. The molecule has 0 aliphatic rings. The standard InChI is InChI=1S/C14H16N2O4S/c1-10-13(14(17)18)12(9-15-10)16-21(19,20)8-7-11-5-3-2-4-6-11/h2-6,9,15-16H,7-8H2,1H3,(H,17,18). The summed E-state index contributed by atoms with van der Waals surface area (Å²) in [6, 6.07) is 9.23. The highest BCUT2D eigenvalue weighted by atomic mass is 32.2. The Morgan fingerprint density at radius 2 is 1.95 bits per heavy atom. The van der Waals surface area contributed by atoms with E-state index in [1.54, 1.807) is 6.92 Å². The molecule has 2 rings (SSSR count). The van der Waals surface area contributed by atoms with Crippen LogP contribution in [0.3, 0.4) is 0 Å². The van der Waals surface area contributed by atoms with E-state index in [0.717, 1.165) is 5.56 Å². The normalized spacial score (nSPS) is 11.3. The molecule has 0 radical (unpaired) electrons. The highest BCUT2D eigenvalue weighted by molar-refractivity contribution is 7.92. The first-order chi connectivity index (χ1) is 9.89. The lowest BCUT2D eigenvalue weighted by Gasteiger charge is -2.07. The second kappa shape index (κ2) is 6.01. The third kappa shape index (κ3) is 3.85. The van der Waals surface area contributed by atoms with E-state index < -0.39 is 16.0 Å². The number of aryl methyl sites for hydroxylation is 2. The van der Waals surface area contributed by atoms with Crippen molar-refractivity contribution in [1.82, 2.24) is 4.98 Å². The van der Waals surface area contributed by atoms with Gasteiger partial charge in [-0.15, -0.1) is 0 Å². The average molecular weight is 308 g/mol. The summed E-state index contributed by atoms with van der Waals surface area (Å²) in [4.78, 5) is 13.8. The second-order valence-corrected chi connectivity index (χ2v) is 6.51. The summed E-state index contributed by atoms with van der Waals surface area (Å²) in [7, 11) is -3.61. The molecule has 2 aromatic rings. The molecule has 6 nitrogen and oxygen atoms in total. The fourth-order valence-electron chi connectivity index (χ4n) is 2.00. The Balaban J connectivity index is 2.10. The summed E-state index contributed by atoms with van der Waals surface area (Å²) in [5.74, 6) is -1.28. The minimum Gasteiger partial charge on any atom is -0.478 e. The van der Waals surface area contributed by atoms with Gasteiger partial charge >= 0.3 is 5.97 Å². The van der Waals surface area contributed by atoms with Gasteiger partial charge in [0, 0.05) is 11.9 Å². The van der Waals surface area contributed by atoms with Crippen LogP contribution >= 0.6 is 0 Å². The Morgan fingerprint density at radius 3 is 2.57 bits per heavy atom. The Morgan fingerprint density at radius 1 is 1.29 bits per heavy atom. The number of anilines is 1. The Bertz CT molecular complexity index is 736. The number of rotatable bonds is 6. The molecule has 7 heteroatoms. The van der Waals surface area contributed by atoms with Crippen LogP contribution in [-0.4, -0.2) is 30.2 Å². The molecule has 3 N–H and O–H groups in total. The number of nitrogens with one attached hydrogen (secondary N) is 2. The molecule has 1 aromatic heterocycles. The highest BCUT2D eigenvalue weighted by Crippen LogP contribution is 2.20. The molecule has 0 bridgehead atoms. The maximum atomic E-state index is 12.0. The number of benzene rings is 1. The van der Waals surface area contributed by atoms with Crippen LogP contribution in [0.25, 0.3) is 0 Å². The zero-order valence-corrected chi connectivity index (χ0v) is 12.3. The third-order valence-electron chi connectivity index (χ3n) is 3.06. The predicted molar refractivity (Wildman–Crippen MR) is 80.0 cm³/mol. The first kappa shape index (κ1) is 15.1. The molecule has 0 saturated carbocycles. The number of aromatic amines is 1. The van der Waals surface area contributed by atoms with Crippen molar-refractivity contribution in [3.8, 4) is 0 Å². The largest absolute Gasteiger partial charge is 0.478 e. The number of hydrogen-bond acceptors (Lipinski definition) is 3. The molecule has 0 aliphatic heterocycles. The van der Waals surface area contributed by atoms with Gasteiger partial charge < -0.3 is 10.1 Å². The van der Waals surface area contributed by atoms with Crippen molar-refractivity contribution in [2.75, 3.05) is 10.5 Å². The van der Waals surface area contributed by atoms with Crippen LogP contribution in [0, 0.1) is 6.92 Å². The second-order valence-electron chi connectivity index (χ2n) is 4.66. The lowest BCUT2D eigenvalue weighted by molar-refractivity contribution is 0.0697. The highest BCUT2D eigenvalue weighted by Gasteiger charge is 2.19. The van der Waals surface area contributed by atoms with Gasteiger partial charge in [-0.05, 0) is 18.9 Å². The maximum Gasteiger partial charge on any atom is 0.339 e. The smallest absolute Gasteiger partial charge is 0.339 e. The van der Waals surface area contributed by atoms with Gasteiger partial charge in [0.15, 0.2) is 0 Å². The zero-order chi connectivity index (χ0) is 15.5. The van der Waals surface area contributed by atoms with Gasteiger partial charge in [0.25, 0.3) is 0 Å². The van der Waals surface area contributed by atoms with Crippen molar-refractivity contribution in [2.24, 2.45) is 0 Å². The fraction of sp³-hybridized carbons (Fsp3) is 0.214. The van der Waals surface area contributed by atoms with Crippen LogP contribution in [0.1, 0.15) is 21.6 Å². The number of aromatic carboxylic acids is 1. The van der Waals surface area contributed by atoms with Gasteiger partial charge in [-0.25, -0.2) is 13.2 Å². The van der Waals surface area contributed by atoms with E-state index in [9.17, 15) is 13.2 Å². The number of carboxylic acid groups (broad SMARTS) is 1. The van der Waals surface area contributed by atoms with Gasteiger partial charge in [0.05, 0.1) is 11.4 Å². The number of hydrogen-bond donors (Lipinski definition) is 3. The molecule has 0 spiro atoms. The zero-order valence-electron chi connectivity index (χ0n) is 11.5. The first-order valence-corrected chi connectivity index (χ1v) is 8.00. The monoisotopic (exact) mass is 308 g/mol. The van der Waals surface area contributed by atoms with Gasteiger partial charge in [-0.3, -0.25) is 4.72 Å². The van der Waals surface area contributed by atoms with Crippen LogP contribution in [-0.2, 0) is 16.4 Å². The van der Waals surface area contributed by atoms with E-state index >= 15 is 0 Å². The summed E-state index contributed by atoms with van der Waals surface area (Å²) in [5.41, 5.74) is 1.32. The van der Waals surface area contributed by atoms with Gasteiger partial charge in [0.2, 0.25) is 10.0 Å².